The zero-order valence-corrected chi connectivity index (χ0v) is 8.06. The van der Waals surface area contributed by atoms with Gasteiger partial charge in [-0.2, -0.15) is 0 Å². The highest BCUT2D eigenvalue weighted by molar-refractivity contribution is 9.11. The zero-order chi connectivity index (χ0) is 8.27. The van der Waals surface area contributed by atoms with Crippen molar-refractivity contribution in [1.29, 1.82) is 0 Å². The highest BCUT2D eigenvalue weighted by Crippen LogP contribution is 2.18. The first kappa shape index (κ1) is 8.46. The number of rotatable bonds is 2. The maximum Gasteiger partial charge on any atom is 0.190 e. The summed E-state index contributed by atoms with van der Waals surface area (Å²) in [4.78, 5) is 0. The van der Waals surface area contributed by atoms with Crippen LogP contribution in [0, 0.1) is 0 Å². The number of halogens is 1. The van der Waals surface area contributed by atoms with Gasteiger partial charge in [-0.15, -0.1) is 0 Å². The monoisotopic (exact) mass is 219 g/mol. The summed E-state index contributed by atoms with van der Waals surface area (Å²) in [7, 11) is 3.25. The van der Waals surface area contributed by atoms with E-state index in [-0.39, 0.29) is 0 Å². The van der Waals surface area contributed by atoms with E-state index in [4.69, 9.17) is 9.47 Å². The third-order valence-corrected chi connectivity index (χ3v) is 2.06. The minimum absolute atomic E-state index is 0.711. The largest absolute Gasteiger partial charge is 0.496 e. The van der Waals surface area contributed by atoms with E-state index in [1.165, 1.54) is 0 Å². The predicted molar refractivity (Wildman–Crippen MR) is 46.1 cm³/mol. The molecule has 0 amide bonds. The van der Waals surface area contributed by atoms with Crippen LogP contribution < -0.4 is 5.32 Å². The molecule has 0 spiro atoms. The Morgan fingerprint density at radius 1 is 1.45 bits per heavy atom. The van der Waals surface area contributed by atoms with Gasteiger partial charge in [-0.05, 0) is 15.9 Å². The average molecular weight is 220 g/mol. The maximum atomic E-state index is 5.07. The number of methoxy groups -OCH3 is 2. The van der Waals surface area contributed by atoms with E-state index in [1.54, 1.807) is 20.3 Å². The normalized spacial score (nSPS) is 17.2. The fourth-order valence-corrected chi connectivity index (χ4v) is 1.22. The summed E-state index contributed by atoms with van der Waals surface area (Å²) in [6.07, 6.45) is 1.80. The zero-order valence-electron chi connectivity index (χ0n) is 6.48. The number of allylic oxidation sites excluding steroid dienone is 1. The van der Waals surface area contributed by atoms with Crippen molar-refractivity contribution in [2.24, 2.45) is 0 Å². The summed E-state index contributed by atoms with van der Waals surface area (Å²) < 4.78 is 11.1. The Bertz CT molecular complexity index is 210. The van der Waals surface area contributed by atoms with Crippen LogP contribution in [-0.4, -0.2) is 20.8 Å². The molecule has 0 bridgehead atoms. The molecule has 0 aromatic carbocycles. The van der Waals surface area contributed by atoms with Crippen molar-refractivity contribution < 1.29 is 9.47 Å². The fourth-order valence-electron chi connectivity index (χ4n) is 0.801. The van der Waals surface area contributed by atoms with Gasteiger partial charge >= 0.3 is 0 Å². The minimum atomic E-state index is 0.711. The summed E-state index contributed by atoms with van der Waals surface area (Å²) >= 11 is 3.36. The summed E-state index contributed by atoms with van der Waals surface area (Å²) in [6, 6.07) is 0. The molecule has 0 aromatic rings. The van der Waals surface area contributed by atoms with Gasteiger partial charge in [-0.1, -0.05) is 0 Å². The van der Waals surface area contributed by atoms with Crippen molar-refractivity contribution in [3.05, 3.63) is 22.2 Å². The van der Waals surface area contributed by atoms with Gasteiger partial charge in [0.25, 0.3) is 0 Å². The van der Waals surface area contributed by atoms with E-state index in [1.807, 2.05) is 0 Å². The molecule has 4 heteroatoms. The minimum Gasteiger partial charge on any atom is -0.496 e. The van der Waals surface area contributed by atoms with E-state index in [9.17, 15) is 0 Å². The van der Waals surface area contributed by atoms with E-state index < -0.39 is 0 Å². The van der Waals surface area contributed by atoms with Gasteiger partial charge in [0.1, 0.15) is 5.76 Å². The smallest absolute Gasteiger partial charge is 0.190 e. The molecule has 1 N–H and O–H groups in total. The molecule has 3 nitrogen and oxygen atoms in total. The Kier molecular flexibility index (Phi) is 2.82. The lowest BCUT2D eigenvalue weighted by Gasteiger charge is -2.16. The molecule has 1 aliphatic heterocycles. The molecule has 0 aromatic heterocycles. The van der Waals surface area contributed by atoms with Crippen molar-refractivity contribution in [3.63, 3.8) is 0 Å². The van der Waals surface area contributed by atoms with Crippen LogP contribution in [0.4, 0.5) is 0 Å². The molecule has 0 atom stereocenters. The summed E-state index contributed by atoms with van der Waals surface area (Å²) in [6.45, 7) is 0.711. The summed E-state index contributed by atoms with van der Waals surface area (Å²) in [5.74, 6) is 1.53. The average Bonchev–Trinajstić information content (AvgIpc) is 2.05. The maximum absolute atomic E-state index is 5.07. The van der Waals surface area contributed by atoms with Gasteiger partial charge in [-0.3, -0.25) is 0 Å². The SMILES string of the molecule is COC1=CC(OC)=C(Br)CN1. The lowest BCUT2D eigenvalue weighted by Crippen LogP contribution is -2.21. The first-order valence-electron chi connectivity index (χ1n) is 3.20. The first-order chi connectivity index (χ1) is 5.27. The third kappa shape index (κ3) is 1.89. The van der Waals surface area contributed by atoms with Crippen LogP contribution in [-0.2, 0) is 9.47 Å². The van der Waals surface area contributed by atoms with Crippen LogP contribution in [0.3, 0.4) is 0 Å². The fraction of sp³-hybridized carbons (Fsp3) is 0.429. The van der Waals surface area contributed by atoms with Crippen LogP contribution in [0.1, 0.15) is 0 Å². The predicted octanol–water partition coefficient (Wildman–Crippen LogP) is 1.33. The van der Waals surface area contributed by atoms with Crippen molar-refractivity contribution in [2.45, 2.75) is 0 Å². The Hall–Kier alpha value is -0.640. The molecular weight excluding hydrogens is 210 g/mol. The van der Waals surface area contributed by atoms with Crippen molar-refractivity contribution in [1.82, 2.24) is 5.32 Å². The van der Waals surface area contributed by atoms with Gasteiger partial charge in [0.2, 0.25) is 0 Å². The van der Waals surface area contributed by atoms with Crippen molar-refractivity contribution in [2.75, 3.05) is 20.8 Å². The highest BCUT2D eigenvalue weighted by Gasteiger charge is 2.10. The van der Waals surface area contributed by atoms with Crippen LogP contribution in [0.25, 0.3) is 0 Å². The second-order valence-corrected chi connectivity index (χ2v) is 3.00. The molecule has 11 heavy (non-hydrogen) atoms. The van der Waals surface area contributed by atoms with Crippen LogP contribution in [0.5, 0.6) is 0 Å². The molecule has 0 unspecified atom stereocenters. The number of dihydropyridines is 1. The highest BCUT2D eigenvalue weighted by atomic mass is 79.9. The summed E-state index contributed by atoms with van der Waals surface area (Å²) in [5.41, 5.74) is 0. The van der Waals surface area contributed by atoms with Crippen LogP contribution in [0.2, 0.25) is 0 Å². The second-order valence-electron chi connectivity index (χ2n) is 2.04. The van der Waals surface area contributed by atoms with E-state index in [0.29, 0.717) is 6.54 Å². The van der Waals surface area contributed by atoms with E-state index >= 15 is 0 Å². The Balaban J connectivity index is 2.78. The topological polar surface area (TPSA) is 30.5 Å². The Morgan fingerprint density at radius 2 is 2.18 bits per heavy atom. The Morgan fingerprint density at radius 3 is 2.73 bits per heavy atom. The number of hydrogen-bond donors (Lipinski definition) is 1. The van der Waals surface area contributed by atoms with Crippen molar-refractivity contribution >= 4 is 15.9 Å². The molecule has 0 aliphatic carbocycles. The molecule has 62 valence electrons. The lowest BCUT2D eigenvalue weighted by atomic mass is 10.3. The molecule has 0 saturated carbocycles. The van der Waals surface area contributed by atoms with Gasteiger partial charge in [0.05, 0.1) is 25.2 Å². The standard InChI is InChI=1S/C7H10BrNO2/c1-10-6-3-7(11-2)9-4-5(6)8/h3,9H,4H2,1-2H3. The second kappa shape index (κ2) is 3.67. The van der Waals surface area contributed by atoms with Gasteiger partial charge < -0.3 is 14.8 Å². The number of hydrogen-bond acceptors (Lipinski definition) is 3. The lowest BCUT2D eigenvalue weighted by molar-refractivity contribution is 0.247. The third-order valence-electron chi connectivity index (χ3n) is 1.39. The van der Waals surface area contributed by atoms with Gasteiger partial charge in [0, 0.05) is 6.08 Å². The molecule has 0 radical (unpaired) electrons. The molecule has 1 rings (SSSR count). The molecule has 0 fully saturated rings. The van der Waals surface area contributed by atoms with Crippen LogP contribution >= 0.6 is 15.9 Å². The molecular formula is C7H10BrNO2. The molecule has 0 saturated heterocycles. The molecule has 1 heterocycles. The van der Waals surface area contributed by atoms with Gasteiger partial charge in [-0.25, -0.2) is 0 Å². The van der Waals surface area contributed by atoms with E-state index in [0.717, 1.165) is 16.1 Å². The number of ether oxygens (including phenoxy) is 2. The first-order valence-corrected chi connectivity index (χ1v) is 3.99. The number of nitrogens with one attached hydrogen (secondary N) is 1. The van der Waals surface area contributed by atoms with Crippen LogP contribution in [0.15, 0.2) is 22.2 Å². The quantitative estimate of drug-likeness (QED) is 0.761. The molecule has 1 aliphatic rings. The van der Waals surface area contributed by atoms with Gasteiger partial charge in [0.15, 0.2) is 5.88 Å². The Labute approximate surface area is 74.2 Å². The van der Waals surface area contributed by atoms with E-state index in [2.05, 4.69) is 21.2 Å². The van der Waals surface area contributed by atoms with Crippen molar-refractivity contribution in [3.8, 4) is 0 Å². The summed E-state index contributed by atoms with van der Waals surface area (Å²) in [5, 5.41) is 3.04.